The Kier molecular flexibility index (Phi) is 7.70. The molecular weight excluding hydrogens is 483 g/mol. The summed E-state index contributed by atoms with van der Waals surface area (Å²) in [6, 6.07) is 4.23. The molecule has 0 saturated carbocycles. The number of methoxy groups -OCH3 is 1. The van der Waals surface area contributed by atoms with Crippen LogP contribution in [0.3, 0.4) is 0 Å². The van der Waals surface area contributed by atoms with Crippen LogP contribution in [0.15, 0.2) is 28.4 Å². The number of fused-ring (bicyclic) bond motifs is 1. The Morgan fingerprint density at radius 1 is 1.34 bits per heavy atom. The maximum atomic E-state index is 13.5. The number of carbonyl (C=O) groups excluding carboxylic acids is 2. The average molecular weight is 507 g/mol. The summed E-state index contributed by atoms with van der Waals surface area (Å²) >= 11 is 1.21. The molecule has 1 saturated heterocycles. The van der Waals surface area contributed by atoms with Gasteiger partial charge in [-0.3, -0.25) is 14.4 Å². The molecule has 0 aliphatic carbocycles. The van der Waals surface area contributed by atoms with E-state index in [1.165, 1.54) is 36.6 Å². The first kappa shape index (κ1) is 24.7. The summed E-state index contributed by atoms with van der Waals surface area (Å²) < 4.78 is 35.0. The third-order valence-electron chi connectivity index (χ3n) is 5.25. The smallest absolute Gasteiger partial charge is 0.287 e. The van der Waals surface area contributed by atoms with Crippen molar-refractivity contribution in [3.8, 4) is 5.75 Å². The van der Waals surface area contributed by atoms with Crippen LogP contribution in [0, 0.1) is 5.82 Å². The summed E-state index contributed by atoms with van der Waals surface area (Å²) in [6.45, 7) is 0.649. The van der Waals surface area contributed by atoms with E-state index in [-0.39, 0.29) is 50.7 Å². The number of thiophene rings is 1. The number of amides is 2. The molecule has 3 aromatic rings. The number of aromatic amines is 1. The molecule has 1 aromatic carbocycles. The minimum absolute atomic E-state index is 0.0634. The van der Waals surface area contributed by atoms with Gasteiger partial charge < -0.3 is 35.0 Å². The lowest BCUT2D eigenvalue weighted by atomic mass is 10.2. The number of rotatable bonds is 9. The quantitative estimate of drug-likeness (QED) is 0.386. The van der Waals surface area contributed by atoms with E-state index in [1.54, 1.807) is 5.38 Å². The monoisotopic (exact) mass is 506 g/mol. The fourth-order valence-corrected chi connectivity index (χ4v) is 4.33. The van der Waals surface area contributed by atoms with Crippen LogP contribution in [0.2, 0.25) is 0 Å². The van der Waals surface area contributed by atoms with Gasteiger partial charge in [0.25, 0.3) is 11.5 Å². The summed E-state index contributed by atoms with van der Waals surface area (Å²) in [7, 11) is 1.35. The summed E-state index contributed by atoms with van der Waals surface area (Å²) in [5.41, 5.74) is 5.95. The largest absolute Gasteiger partial charge is 0.494 e. The zero-order chi connectivity index (χ0) is 24.9. The van der Waals surface area contributed by atoms with Gasteiger partial charge in [0.05, 0.1) is 38.9 Å². The third-order valence-corrected chi connectivity index (χ3v) is 6.17. The van der Waals surface area contributed by atoms with E-state index >= 15 is 0 Å². The first-order valence-corrected chi connectivity index (χ1v) is 11.4. The number of nitrogens with one attached hydrogen (secondary N) is 2. The number of nitrogens with zero attached hydrogens (tertiary/aromatic N) is 1. The molecule has 13 heteroatoms. The molecule has 11 nitrogen and oxygen atoms in total. The molecular formula is C22H23FN4O7S. The number of nitrogens with two attached hydrogens (primary N) is 1. The van der Waals surface area contributed by atoms with Crippen LogP contribution in [0.4, 0.5) is 4.39 Å². The number of H-pyrrole nitrogens is 1. The lowest BCUT2D eigenvalue weighted by Crippen LogP contribution is -2.44. The fraction of sp³-hybridized carbons (Fsp3) is 0.364. The highest BCUT2D eigenvalue weighted by Crippen LogP contribution is 2.22. The highest BCUT2D eigenvalue weighted by Gasteiger charge is 2.26. The second-order valence-electron chi connectivity index (χ2n) is 7.70. The molecule has 0 radical (unpaired) electrons. The van der Waals surface area contributed by atoms with Crippen LogP contribution in [0.1, 0.15) is 21.7 Å². The van der Waals surface area contributed by atoms with Gasteiger partial charge in [-0.25, -0.2) is 9.37 Å². The highest BCUT2D eigenvalue weighted by atomic mass is 32.1. The Labute approximate surface area is 202 Å². The molecule has 3 heterocycles. The van der Waals surface area contributed by atoms with Crippen molar-refractivity contribution in [2.24, 2.45) is 5.73 Å². The van der Waals surface area contributed by atoms with Crippen molar-refractivity contribution in [1.29, 1.82) is 0 Å². The molecule has 2 amide bonds. The molecule has 186 valence electrons. The molecule has 2 unspecified atom stereocenters. The van der Waals surface area contributed by atoms with Gasteiger partial charge >= 0.3 is 0 Å². The van der Waals surface area contributed by atoms with Crippen LogP contribution in [0.5, 0.6) is 5.75 Å². The summed E-state index contributed by atoms with van der Waals surface area (Å²) in [5, 5.41) is 4.72. The third kappa shape index (κ3) is 5.82. The number of benzene rings is 1. The van der Waals surface area contributed by atoms with Gasteiger partial charge in [0.15, 0.2) is 17.7 Å². The Balaban J connectivity index is 1.35. The minimum Gasteiger partial charge on any atom is -0.494 e. The first-order chi connectivity index (χ1) is 16.9. The van der Waals surface area contributed by atoms with Gasteiger partial charge in [-0.15, -0.1) is 11.3 Å². The average Bonchev–Trinajstić information content (AvgIpc) is 3.27. The number of halogens is 1. The predicted octanol–water partition coefficient (Wildman–Crippen LogP) is 0.848. The summed E-state index contributed by atoms with van der Waals surface area (Å²) in [4.78, 5) is 43.5. The number of carbonyl (C=O) groups is 2. The maximum absolute atomic E-state index is 13.5. The number of ether oxygens (including phenoxy) is 4. The molecule has 1 aliphatic heterocycles. The topological polar surface area (TPSA) is 155 Å². The fourth-order valence-electron chi connectivity index (χ4n) is 3.40. The van der Waals surface area contributed by atoms with Crippen LogP contribution in [-0.4, -0.2) is 60.9 Å². The second-order valence-corrected chi connectivity index (χ2v) is 8.56. The van der Waals surface area contributed by atoms with Crippen LogP contribution < -0.4 is 21.3 Å². The molecule has 4 rings (SSSR count). The second kappa shape index (κ2) is 10.9. The van der Waals surface area contributed by atoms with Gasteiger partial charge in [-0.2, -0.15) is 0 Å². The summed E-state index contributed by atoms with van der Waals surface area (Å²) in [6.07, 6.45) is -1.12. The van der Waals surface area contributed by atoms with Crippen molar-refractivity contribution in [2.75, 3.05) is 26.9 Å². The van der Waals surface area contributed by atoms with Gasteiger partial charge in [0.1, 0.15) is 10.9 Å². The van der Waals surface area contributed by atoms with Gasteiger partial charge in [0.2, 0.25) is 11.7 Å². The maximum Gasteiger partial charge on any atom is 0.287 e. The Morgan fingerprint density at radius 3 is 2.89 bits per heavy atom. The van der Waals surface area contributed by atoms with E-state index in [1.807, 2.05) is 0 Å². The normalized spacial score (nSPS) is 17.9. The lowest BCUT2D eigenvalue weighted by molar-refractivity contribution is -0.166. The van der Waals surface area contributed by atoms with Crippen LogP contribution >= 0.6 is 11.3 Å². The first-order valence-electron chi connectivity index (χ1n) is 10.6. The number of primary amides is 1. The van der Waals surface area contributed by atoms with Crippen molar-refractivity contribution >= 4 is 33.4 Å². The highest BCUT2D eigenvalue weighted by molar-refractivity contribution is 7.16. The standard InChI is InChI=1S/C22H23FN4O7S/c1-31-15-4-11(2-3-14(15)23)5-25-21(30)19-26-20(29)17-12(10-35-22(17)27-19)6-32-7-13-8-34-16(9-33-13)18(24)28/h2-4,10,13,16H,5-9H2,1H3,(H2,24,28)(H,25,30)(H,26,27,29). The van der Waals surface area contributed by atoms with E-state index < -0.39 is 29.3 Å². The molecule has 2 aromatic heterocycles. The van der Waals surface area contributed by atoms with E-state index in [4.69, 9.17) is 24.7 Å². The van der Waals surface area contributed by atoms with Gasteiger partial charge in [-0.05, 0) is 23.1 Å². The van der Waals surface area contributed by atoms with E-state index in [9.17, 15) is 18.8 Å². The predicted molar refractivity (Wildman–Crippen MR) is 123 cm³/mol. The molecule has 35 heavy (non-hydrogen) atoms. The summed E-state index contributed by atoms with van der Waals surface area (Å²) in [5.74, 6) is -1.74. The van der Waals surface area contributed by atoms with Gasteiger partial charge in [-0.1, -0.05) is 6.07 Å². The molecule has 4 N–H and O–H groups in total. The minimum atomic E-state index is -0.762. The Bertz CT molecular complexity index is 1290. The Hall–Kier alpha value is -3.39. The van der Waals surface area contributed by atoms with E-state index in [2.05, 4.69) is 15.3 Å². The van der Waals surface area contributed by atoms with Crippen LogP contribution in [0.25, 0.3) is 10.2 Å². The van der Waals surface area contributed by atoms with Crippen molar-refractivity contribution in [2.45, 2.75) is 25.4 Å². The molecule has 0 spiro atoms. The number of hydrogen-bond donors (Lipinski definition) is 3. The van der Waals surface area contributed by atoms with Crippen molar-refractivity contribution < 1.29 is 32.9 Å². The molecule has 0 bridgehead atoms. The molecule has 1 aliphatic rings. The van der Waals surface area contributed by atoms with Crippen molar-refractivity contribution in [3.05, 3.63) is 56.7 Å². The SMILES string of the molecule is COc1cc(CNC(=O)c2nc3scc(COCC4COC(C(N)=O)CO4)c3c(=O)[nH]2)ccc1F. The molecule has 2 atom stereocenters. The molecule has 1 fully saturated rings. The number of aromatic nitrogens is 2. The van der Waals surface area contributed by atoms with Crippen molar-refractivity contribution in [1.82, 2.24) is 15.3 Å². The van der Waals surface area contributed by atoms with Gasteiger partial charge in [0, 0.05) is 12.1 Å². The lowest BCUT2D eigenvalue weighted by Gasteiger charge is -2.27. The van der Waals surface area contributed by atoms with Crippen LogP contribution in [-0.2, 0) is 32.2 Å². The zero-order valence-electron chi connectivity index (χ0n) is 18.7. The Morgan fingerprint density at radius 2 is 2.17 bits per heavy atom. The zero-order valence-corrected chi connectivity index (χ0v) is 19.5. The van der Waals surface area contributed by atoms with E-state index in [0.717, 1.165) is 0 Å². The van der Waals surface area contributed by atoms with Crippen molar-refractivity contribution in [3.63, 3.8) is 0 Å². The van der Waals surface area contributed by atoms with E-state index in [0.29, 0.717) is 21.3 Å². The number of hydrogen-bond acceptors (Lipinski definition) is 9.